The zero-order valence-corrected chi connectivity index (χ0v) is 12.8. The molecular weight excluding hydrogens is 274 g/mol. The lowest BCUT2D eigenvalue weighted by molar-refractivity contribution is 0.102. The summed E-state index contributed by atoms with van der Waals surface area (Å²) in [6, 6.07) is 7.09. The third kappa shape index (κ3) is 3.20. The lowest BCUT2D eigenvalue weighted by atomic mass is 9.92. The first-order valence-corrected chi connectivity index (χ1v) is 6.78. The van der Waals surface area contributed by atoms with Gasteiger partial charge < -0.3 is 5.32 Å². The molecule has 0 aliphatic rings. The van der Waals surface area contributed by atoms with Crippen molar-refractivity contribution in [2.45, 2.75) is 33.1 Å². The van der Waals surface area contributed by atoms with Gasteiger partial charge in [0.15, 0.2) is 5.82 Å². The van der Waals surface area contributed by atoms with Gasteiger partial charge in [0.1, 0.15) is 0 Å². The number of benzene rings is 1. The Kier molecular flexibility index (Phi) is 3.86. The molecule has 2 rings (SSSR count). The summed E-state index contributed by atoms with van der Waals surface area (Å²) in [6.07, 6.45) is 0. The summed E-state index contributed by atoms with van der Waals surface area (Å²) in [5.41, 5.74) is 2.36. The van der Waals surface area contributed by atoms with Crippen molar-refractivity contribution in [2.75, 3.05) is 5.32 Å². The van der Waals surface area contributed by atoms with Crippen LogP contribution in [0.4, 0.5) is 5.82 Å². The van der Waals surface area contributed by atoms with E-state index < -0.39 is 0 Å². The van der Waals surface area contributed by atoms with E-state index in [4.69, 9.17) is 11.6 Å². The SMILES string of the molecule is Cc1ccc(Cl)cc1C(=O)Nc1cc(C(C)(C)C)[nH]n1. The molecule has 1 amide bonds. The van der Waals surface area contributed by atoms with Crippen LogP contribution >= 0.6 is 11.6 Å². The molecule has 0 unspecified atom stereocenters. The van der Waals surface area contributed by atoms with Crippen LogP contribution in [0.25, 0.3) is 0 Å². The highest BCUT2D eigenvalue weighted by Gasteiger charge is 2.18. The number of carbonyl (C=O) groups excluding carboxylic acids is 1. The normalized spacial score (nSPS) is 11.4. The minimum absolute atomic E-state index is 0.0397. The molecular formula is C15H18ClN3O. The summed E-state index contributed by atoms with van der Waals surface area (Å²) in [4.78, 5) is 12.2. The highest BCUT2D eigenvalue weighted by atomic mass is 35.5. The Morgan fingerprint density at radius 3 is 2.60 bits per heavy atom. The molecule has 0 bridgehead atoms. The van der Waals surface area contributed by atoms with Crippen LogP contribution in [0.15, 0.2) is 24.3 Å². The van der Waals surface area contributed by atoms with E-state index in [1.807, 2.05) is 19.1 Å². The monoisotopic (exact) mass is 291 g/mol. The van der Waals surface area contributed by atoms with Gasteiger partial charge in [0.05, 0.1) is 0 Å². The van der Waals surface area contributed by atoms with Gasteiger partial charge in [-0.1, -0.05) is 38.4 Å². The van der Waals surface area contributed by atoms with Crippen molar-refractivity contribution in [3.8, 4) is 0 Å². The number of nitrogens with zero attached hydrogens (tertiary/aromatic N) is 1. The molecule has 20 heavy (non-hydrogen) atoms. The summed E-state index contributed by atoms with van der Waals surface area (Å²) in [7, 11) is 0. The summed E-state index contributed by atoms with van der Waals surface area (Å²) in [5.74, 6) is 0.302. The molecule has 0 saturated carbocycles. The molecule has 2 aromatic rings. The first-order valence-electron chi connectivity index (χ1n) is 6.41. The number of halogens is 1. The van der Waals surface area contributed by atoms with Crippen LogP contribution in [0.1, 0.15) is 42.4 Å². The quantitative estimate of drug-likeness (QED) is 0.881. The smallest absolute Gasteiger partial charge is 0.257 e. The number of aromatic amines is 1. The Labute approximate surface area is 123 Å². The number of rotatable bonds is 2. The molecule has 2 N–H and O–H groups in total. The van der Waals surface area contributed by atoms with Crippen molar-refractivity contribution >= 4 is 23.3 Å². The maximum Gasteiger partial charge on any atom is 0.257 e. The largest absolute Gasteiger partial charge is 0.305 e. The molecule has 0 saturated heterocycles. The third-order valence-corrected chi connectivity index (χ3v) is 3.31. The number of aryl methyl sites for hydroxylation is 1. The summed E-state index contributed by atoms with van der Waals surface area (Å²) in [5, 5.41) is 10.4. The number of amides is 1. The number of hydrogen-bond acceptors (Lipinski definition) is 2. The molecule has 1 heterocycles. The van der Waals surface area contributed by atoms with Gasteiger partial charge in [0, 0.05) is 27.8 Å². The van der Waals surface area contributed by atoms with Crippen molar-refractivity contribution in [1.82, 2.24) is 10.2 Å². The molecule has 0 aliphatic carbocycles. The van der Waals surface area contributed by atoms with Crippen LogP contribution in [0, 0.1) is 6.92 Å². The number of anilines is 1. The average molecular weight is 292 g/mol. The fourth-order valence-corrected chi connectivity index (χ4v) is 1.96. The van der Waals surface area contributed by atoms with Gasteiger partial charge in [0.2, 0.25) is 0 Å². The highest BCUT2D eigenvalue weighted by molar-refractivity contribution is 6.31. The Morgan fingerprint density at radius 1 is 1.30 bits per heavy atom. The predicted molar refractivity (Wildman–Crippen MR) is 81.4 cm³/mol. The van der Waals surface area contributed by atoms with Crippen LogP contribution in [0.3, 0.4) is 0 Å². The summed E-state index contributed by atoms with van der Waals surface area (Å²) < 4.78 is 0. The maximum absolute atomic E-state index is 12.2. The molecule has 1 aromatic heterocycles. The second kappa shape index (κ2) is 5.29. The fraction of sp³-hybridized carbons (Fsp3) is 0.333. The molecule has 5 heteroatoms. The molecule has 106 valence electrons. The lowest BCUT2D eigenvalue weighted by Gasteiger charge is -2.14. The third-order valence-electron chi connectivity index (χ3n) is 3.07. The van der Waals surface area contributed by atoms with Crippen molar-refractivity contribution in [3.63, 3.8) is 0 Å². The number of H-pyrrole nitrogens is 1. The standard InChI is InChI=1S/C15H18ClN3O/c1-9-5-6-10(16)7-11(9)14(20)17-13-8-12(18-19-13)15(2,3)4/h5-8H,1-4H3,(H2,17,18,19,20). The lowest BCUT2D eigenvalue weighted by Crippen LogP contribution is -2.14. The summed E-state index contributed by atoms with van der Waals surface area (Å²) >= 11 is 5.93. The van der Waals surface area contributed by atoms with Crippen molar-refractivity contribution in [2.24, 2.45) is 0 Å². The van der Waals surface area contributed by atoms with E-state index in [9.17, 15) is 4.79 Å². The van der Waals surface area contributed by atoms with E-state index >= 15 is 0 Å². The van der Waals surface area contributed by atoms with Crippen molar-refractivity contribution < 1.29 is 4.79 Å². The van der Waals surface area contributed by atoms with E-state index in [0.717, 1.165) is 11.3 Å². The zero-order chi connectivity index (χ0) is 14.9. The Bertz CT molecular complexity index is 641. The van der Waals surface area contributed by atoms with Gasteiger partial charge in [-0.05, 0) is 24.6 Å². The van der Waals surface area contributed by atoms with Gasteiger partial charge in [0.25, 0.3) is 5.91 Å². The predicted octanol–water partition coefficient (Wildman–Crippen LogP) is 3.92. The minimum Gasteiger partial charge on any atom is -0.305 e. The van der Waals surface area contributed by atoms with Crippen molar-refractivity contribution in [1.29, 1.82) is 0 Å². The van der Waals surface area contributed by atoms with Crippen LogP contribution in [-0.4, -0.2) is 16.1 Å². The second-order valence-electron chi connectivity index (χ2n) is 5.83. The van der Waals surface area contributed by atoms with Gasteiger partial charge in [-0.15, -0.1) is 0 Å². The Morgan fingerprint density at radius 2 is 2.00 bits per heavy atom. The minimum atomic E-state index is -0.211. The average Bonchev–Trinajstić information content (AvgIpc) is 2.80. The Balaban J connectivity index is 2.20. The first-order chi connectivity index (χ1) is 9.27. The van der Waals surface area contributed by atoms with Crippen molar-refractivity contribution in [3.05, 3.63) is 46.1 Å². The molecule has 0 radical (unpaired) electrons. The molecule has 1 aromatic carbocycles. The van der Waals surface area contributed by atoms with E-state index in [-0.39, 0.29) is 11.3 Å². The Hall–Kier alpha value is -1.81. The van der Waals surface area contributed by atoms with Crippen LogP contribution < -0.4 is 5.32 Å². The van der Waals surface area contributed by atoms with Gasteiger partial charge >= 0.3 is 0 Å². The number of carbonyl (C=O) groups is 1. The number of hydrogen-bond donors (Lipinski definition) is 2. The van der Waals surface area contributed by atoms with Crippen LogP contribution in [0.5, 0.6) is 0 Å². The number of aromatic nitrogens is 2. The van der Waals surface area contributed by atoms with Gasteiger partial charge in [-0.3, -0.25) is 9.89 Å². The first kappa shape index (κ1) is 14.6. The van der Waals surface area contributed by atoms with Gasteiger partial charge in [-0.2, -0.15) is 5.10 Å². The van der Waals surface area contributed by atoms with E-state index in [1.54, 1.807) is 12.1 Å². The second-order valence-corrected chi connectivity index (χ2v) is 6.27. The number of nitrogens with one attached hydrogen (secondary N) is 2. The van der Waals surface area contributed by atoms with Gasteiger partial charge in [-0.25, -0.2) is 0 Å². The molecule has 0 fully saturated rings. The highest BCUT2D eigenvalue weighted by Crippen LogP contribution is 2.22. The van der Waals surface area contributed by atoms with Crippen LogP contribution in [-0.2, 0) is 5.41 Å². The molecule has 0 atom stereocenters. The summed E-state index contributed by atoms with van der Waals surface area (Å²) in [6.45, 7) is 8.10. The topological polar surface area (TPSA) is 57.8 Å². The van der Waals surface area contributed by atoms with Crippen LogP contribution in [0.2, 0.25) is 5.02 Å². The zero-order valence-electron chi connectivity index (χ0n) is 12.0. The molecule has 0 spiro atoms. The molecule has 4 nitrogen and oxygen atoms in total. The fourth-order valence-electron chi connectivity index (χ4n) is 1.79. The van der Waals surface area contributed by atoms with E-state index in [0.29, 0.717) is 16.4 Å². The molecule has 0 aliphatic heterocycles. The van der Waals surface area contributed by atoms with E-state index in [2.05, 4.69) is 36.3 Å². The van der Waals surface area contributed by atoms with E-state index in [1.165, 1.54) is 0 Å². The maximum atomic E-state index is 12.2.